The van der Waals surface area contributed by atoms with E-state index >= 15 is 0 Å². The van der Waals surface area contributed by atoms with Crippen LogP contribution >= 0.6 is 0 Å². The number of hydrogen-bond donors (Lipinski definition) is 15. The first kappa shape index (κ1) is 61.8. The lowest BCUT2D eigenvalue weighted by atomic mass is 10.0. The van der Waals surface area contributed by atoms with E-state index in [1.54, 1.807) is 30.5 Å². The summed E-state index contributed by atoms with van der Waals surface area (Å²) in [6, 6.07) is -6.36. The van der Waals surface area contributed by atoms with Gasteiger partial charge in [0.25, 0.3) is 0 Å². The number of nitrogens with two attached hydrogens (primary N) is 5. The van der Waals surface area contributed by atoms with E-state index in [1.807, 2.05) is 0 Å². The van der Waals surface area contributed by atoms with Gasteiger partial charge in [-0.25, -0.2) is 4.79 Å². The van der Waals surface area contributed by atoms with Crippen molar-refractivity contribution in [1.82, 2.24) is 46.7 Å². The fraction of sp³-hybridized carbons (Fsp3) is 0.583. The number of fused-ring (bicyclic) bond motifs is 1. The van der Waals surface area contributed by atoms with Crippen LogP contribution in [0.15, 0.2) is 30.5 Å². The number of primary amides is 3. The van der Waals surface area contributed by atoms with Crippen LogP contribution in [0.2, 0.25) is 0 Å². The van der Waals surface area contributed by atoms with Crippen LogP contribution < -0.4 is 60.6 Å². The van der Waals surface area contributed by atoms with Crippen LogP contribution in [0.1, 0.15) is 89.5 Å². The molecule has 3 heterocycles. The molecule has 2 aromatic rings. The minimum atomic E-state index is -1.80. The number of carbonyl (C=O) groups is 12. The molecule has 20 N–H and O–H groups in total. The van der Waals surface area contributed by atoms with Gasteiger partial charge in [-0.3, -0.25) is 52.7 Å². The number of aliphatic carboxylic acids is 1. The van der Waals surface area contributed by atoms with Gasteiger partial charge in [-0.1, -0.05) is 18.2 Å². The highest BCUT2D eigenvalue weighted by atomic mass is 16.4. The van der Waals surface area contributed by atoms with E-state index in [4.69, 9.17) is 28.7 Å². The molecule has 0 unspecified atom stereocenters. The number of hydrogen-bond acceptors (Lipinski definition) is 16. The van der Waals surface area contributed by atoms with Crippen molar-refractivity contribution in [1.29, 1.82) is 0 Å². The number of benzene rings is 1. The Morgan fingerprint density at radius 2 is 1.22 bits per heavy atom. The Bertz CT molecular complexity index is 2490. The van der Waals surface area contributed by atoms with E-state index in [-0.39, 0.29) is 71.0 Å². The minimum absolute atomic E-state index is 0.0142. The summed E-state index contributed by atoms with van der Waals surface area (Å²) < 4.78 is 0. The van der Waals surface area contributed by atoms with E-state index < -0.39 is 151 Å². The second kappa shape index (κ2) is 29.5. The second-order valence-corrected chi connectivity index (χ2v) is 19.1. The monoisotopic (exact) mass is 1080 g/mol. The van der Waals surface area contributed by atoms with Gasteiger partial charge in [0.05, 0.1) is 25.2 Å². The Kier molecular flexibility index (Phi) is 23.7. The fourth-order valence-electron chi connectivity index (χ4n) is 9.06. The number of carboxylic acid groups (broad SMARTS) is 1. The van der Waals surface area contributed by atoms with Gasteiger partial charge in [0.2, 0.25) is 65.0 Å². The molecule has 29 heteroatoms. The Hall–Kier alpha value is -7.76. The van der Waals surface area contributed by atoms with Crippen LogP contribution in [0.25, 0.3) is 10.9 Å². The van der Waals surface area contributed by atoms with Gasteiger partial charge in [0.1, 0.15) is 42.3 Å². The van der Waals surface area contributed by atoms with Crippen molar-refractivity contribution in [2.75, 3.05) is 26.2 Å². The molecule has 11 amide bonds. The van der Waals surface area contributed by atoms with Crippen LogP contribution in [0, 0.1) is 0 Å². The van der Waals surface area contributed by atoms with Crippen LogP contribution in [0.3, 0.4) is 0 Å². The lowest BCUT2D eigenvalue weighted by molar-refractivity contribution is -0.149. The van der Waals surface area contributed by atoms with Crippen molar-refractivity contribution in [2.24, 2.45) is 28.7 Å². The molecule has 0 saturated carbocycles. The lowest BCUT2D eigenvalue weighted by Gasteiger charge is -2.33. The van der Waals surface area contributed by atoms with Crippen molar-refractivity contribution >= 4 is 81.9 Å². The molecule has 0 radical (unpaired) electrons. The van der Waals surface area contributed by atoms with Gasteiger partial charge in [-0.2, -0.15) is 0 Å². The third-order valence-electron chi connectivity index (χ3n) is 13.2. The molecule has 1 aromatic heterocycles. The molecule has 424 valence electrons. The maximum Gasteiger partial charge on any atom is 0.328 e. The molecule has 4 rings (SSSR count). The van der Waals surface area contributed by atoms with Crippen LogP contribution in [-0.2, 0) is 64.0 Å². The number of nitrogens with one attached hydrogen (secondary N) is 7. The molecule has 0 aliphatic carbocycles. The van der Waals surface area contributed by atoms with Crippen molar-refractivity contribution in [3.05, 3.63) is 36.0 Å². The number of H-pyrrole nitrogens is 1. The SMILES string of the molecule is C[C@@H](O)[C@H](NC(=O)[C@@H]1CCCN1C(=O)[C@@H]1CCCN1C(=O)[C@H](CC(N)=O)NC(=O)[C@H](CCCCN)NC(=O)[C@H](CO)NC(=O)[C@H](Cc1c[nH]c2ccccc12)NC(=O)[C@H](CCC(N)=O)NC(=O)[C@@H](N)CCC(N)=O)C(=O)O. The number of carboxylic acids is 1. The summed E-state index contributed by atoms with van der Waals surface area (Å²) in [5, 5.41) is 45.1. The Balaban J connectivity index is 1.55. The molecule has 77 heavy (non-hydrogen) atoms. The second-order valence-electron chi connectivity index (χ2n) is 19.1. The summed E-state index contributed by atoms with van der Waals surface area (Å²) in [7, 11) is 0. The van der Waals surface area contributed by atoms with Crippen molar-refractivity contribution in [2.45, 2.75) is 151 Å². The zero-order chi connectivity index (χ0) is 57.1. The molecule has 29 nitrogen and oxygen atoms in total. The summed E-state index contributed by atoms with van der Waals surface area (Å²) >= 11 is 0. The molecular formula is C48H72N14O15. The molecule has 0 bridgehead atoms. The number of aromatic amines is 1. The number of nitrogens with zero attached hydrogens (tertiary/aromatic N) is 2. The van der Waals surface area contributed by atoms with Gasteiger partial charge in [-0.05, 0) is 82.9 Å². The zero-order valence-electron chi connectivity index (χ0n) is 42.7. The molecule has 2 aliphatic heterocycles. The molecule has 10 atom stereocenters. The number of unbranched alkanes of at least 4 members (excludes halogenated alkanes) is 1. The number of rotatable bonds is 31. The third kappa shape index (κ3) is 17.9. The highest BCUT2D eigenvalue weighted by Gasteiger charge is 2.45. The van der Waals surface area contributed by atoms with Crippen molar-refractivity contribution < 1.29 is 72.9 Å². The number of likely N-dealkylation sites (tertiary alicyclic amines) is 2. The van der Waals surface area contributed by atoms with E-state index in [0.29, 0.717) is 35.7 Å². The quantitative estimate of drug-likeness (QED) is 0.0313. The topological polar surface area (TPSA) is 490 Å². The van der Waals surface area contributed by atoms with Gasteiger partial charge < -0.3 is 90.7 Å². The first-order valence-electron chi connectivity index (χ1n) is 25.3. The largest absolute Gasteiger partial charge is 0.480 e. The first-order chi connectivity index (χ1) is 36.5. The summed E-state index contributed by atoms with van der Waals surface area (Å²) in [6.07, 6.45) is -0.691. The van der Waals surface area contributed by atoms with Crippen molar-refractivity contribution in [3.8, 4) is 0 Å². The average Bonchev–Trinajstić information content (AvgIpc) is 4.17. The van der Waals surface area contributed by atoms with Gasteiger partial charge in [0, 0.05) is 49.5 Å². The number of aliphatic hydroxyl groups excluding tert-OH is 2. The van der Waals surface area contributed by atoms with Gasteiger partial charge in [-0.15, -0.1) is 0 Å². The van der Waals surface area contributed by atoms with Crippen LogP contribution in [0.4, 0.5) is 0 Å². The summed E-state index contributed by atoms with van der Waals surface area (Å²) in [6.45, 7) is 0.355. The van der Waals surface area contributed by atoms with Crippen molar-refractivity contribution in [3.63, 3.8) is 0 Å². The highest BCUT2D eigenvalue weighted by molar-refractivity contribution is 6.00. The Morgan fingerprint density at radius 3 is 1.83 bits per heavy atom. The maximum absolute atomic E-state index is 14.3. The first-order valence-corrected chi connectivity index (χ1v) is 25.3. The smallest absolute Gasteiger partial charge is 0.328 e. The molecule has 2 saturated heterocycles. The fourth-order valence-corrected chi connectivity index (χ4v) is 9.06. The zero-order valence-corrected chi connectivity index (χ0v) is 42.7. The number of para-hydroxylation sites is 1. The molecule has 2 aliphatic rings. The lowest BCUT2D eigenvalue weighted by Crippen LogP contribution is -2.61. The maximum atomic E-state index is 14.3. The standard InChI is InChI=1S/C48H72N14O15/c1-24(64)39(48(76)77)60-45(73)34-11-6-18-61(34)47(75)35-12-7-19-62(35)46(74)32(21-38(53)67)58-41(69)29(10-4-5-17-49)56-44(72)33(23-63)59-43(71)31(20-25-22-54-28-9-3-2-8-26(25)28)57-42(70)30(14-16-37(52)66)55-40(68)27(50)13-15-36(51)65/h2-3,8-9,22,24,27,29-35,39,54,63-64H,4-7,10-21,23,49-50H2,1H3,(H2,51,65)(H2,52,66)(H2,53,67)(H,55,68)(H,56,72)(H,57,70)(H,58,69)(H,59,71)(H,60,73)(H,76,77)/t24-,27+,29+,30+,31+,32+,33+,34+,35+,39+/m1/s1. The average molecular weight is 1090 g/mol. The molecule has 0 spiro atoms. The summed E-state index contributed by atoms with van der Waals surface area (Å²) in [4.78, 5) is 164. The number of carbonyl (C=O) groups excluding carboxylic acids is 11. The van der Waals surface area contributed by atoms with E-state index in [9.17, 15) is 72.9 Å². The predicted molar refractivity (Wildman–Crippen MR) is 271 cm³/mol. The number of aromatic nitrogens is 1. The number of aliphatic hydroxyl groups is 2. The van der Waals surface area contributed by atoms with E-state index in [2.05, 4.69) is 36.9 Å². The number of amides is 11. The predicted octanol–water partition coefficient (Wildman–Crippen LogP) is -6.08. The molecule has 2 fully saturated rings. The van der Waals surface area contributed by atoms with E-state index in [1.165, 1.54) is 11.8 Å². The summed E-state index contributed by atoms with van der Waals surface area (Å²) in [5.41, 5.74) is 28.9. The molecule has 1 aromatic carbocycles. The third-order valence-corrected chi connectivity index (χ3v) is 13.2. The van der Waals surface area contributed by atoms with Crippen LogP contribution in [-0.4, -0.2) is 188 Å². The summed E-state index contributed by atoms with van der Waals surface area (Å²) in [5.74, 6) is -11.5. The Morgan fingerprint density at radius 1 is 0.675 bits per heavy atom. The van der Waals surface area contributed by atoms with Crippen LogP contribution in [0.5, 0.6) is 0 Å². The van der Waals surface area contributed by atoms with Gasteiger partial charge >= 0.3 is 5.97 Å². The van der Waals surface area contributed by atoms with Gasteiger partial charge in [0.15, 0.2) is 6.04 Å². The Labute approximate surface area is 442 Å². The molecular weight excluding hydrogens is 1010 g/mol. The van der Waals surface area contributed by atoms with E-state index in [0.717, 1.165) is 4.90 Å². The minimum Gasteiger partial charge on any atom is -0.480 e. The normalized spacial score (nSPS) is 18.3. The highest BCUT2D eigenvalue weighted by Crippen LogP contribution is 2.26.